The van der Waals surface area contributed by atoms with Crippen molar-refractivity contribution in [3.05, 3.63) is 0 Å². The number of hydrogen-bond acceptors (Lipinski definition) is 3. The molecule has 0 amide bonds. The van der Waals surface area contributed by atoms with Crippen LogP contribution in [0.5, 0.6) is 0 Å². The number of alkyl halides is 7. The van der Waals surface area contributed by atoms with Gasteiger partial charge in [0.2, 0.25) is 0 Å². The van der Waals surface area contributed by atoms with Gasteiger partial charge in [-0.05, 0) is 6.42 Å². The zero-order chi connectivity index (χ0) is 16.2. The van der Waals surface area contributed by atoms with Gasteiger partial charge < -0.3 is 9.47 Å². The van der Waals surface area contributed by atoms with E-state index >= 15 is 0 Å². The molecule has 2 unspecified atom stereocenters. The maximum Gasteiger partial charge on any atom is 0.509 e. The minimum absolute atomic E-state index is 0.551. The Morgan fingerprint density at radius 3 is 2.00 bits per heavy atom. The van der Waals surface area contributed by atoms with Gasteiger partial charge in [-0.2, -0.15) is 22.0 Å². The fourth-order valence-corrected chi connectivity index (χ4v) is 1.39. The van der Waals surface area contributed by atoms with Gasteiger partial charge in [-0.1, -0.05) is 6.92 Å². The summed E-state index contributed by atoms with van der Waals surface area (Å²) in [5.41, 5.74) is -4.63. The third kappa shape index (κ3) is 3.66. The normalized spacial score (nSPS) is 17.2. The molecule has 0 bridgehead atoms. The largest absolute Gasteiger partial charge is 0.509 e. The number of carbonyl (C=O) groups excluding carboxylic acids is 1. The van der Waals surface area contributed by atoms with Crippen molar-refractivity contribution in [2.24, 2.45) is 0 Å². The van der Waals surface area contributed by atoms with Gasteiger partial charge in [0, 0.05) is 6.42 Å². The zero-order valence-corrected chi connectivity index (χ0v) is 10.6. The Bertz CT molecular complexity index is 331. The molecule has 0 aliphatic heterocycles. The van der Waals surface area contributed by atoms with Crippen molar-refractivity contribution in [2.75, 3.05) is 13.8 Å². The highest BCUT2D eigenvalue weighted by Gasteiger charge is 2.73. The highest BCUT2D eigenvalue weighted by atomic mass is 19.4. The van der Waals surface area contributed by atoms with Crippen LogP contribution in [-0.4, -0.2) is 43.8 Å². The number of hydrogen-bond donors (Lipinski definition) is 0. The van der Waals surface area contributed by atoms with E-state index in [9.17, 15) is 35.5 Å². The van der Waals surface area contributed by atoms with E-state index in [2.05, 4.69) is 9.47 Å². The van der Waals surface area contributed by atoms with Crippen molar-refractivity contribution >= 4 is 6.16 Å². The predicted octanol–water partition coefficient (Wildman–Crippen LogP) is 3.81. The molecule has 0 rings (SSSR count). The summed E-state index contributed by atoms with van der Waals surface area (Å²) in [5, 5.41) is 0. The smallest absolute Gasteiger partial charge is 0.438 e. The first kappa shape index (κ1) is 18.8. The van der Waals surface area contributed by atoms with E-state index in [0.717, 1.165) is 6.92 Å². The summed E-state index contributed by atoms with van der Waals surface area (Å²) in [6.45, 7) is -1.68. The second kappa shape index (κ2) is 6.49. The maximum atomic E-state index is 13.4. The lowest BCUT2D eigenvalue weighted by atomic mass is 9.88. The molecule has 120 valence electrons. The van der Waals surface area contributed by atoms with E-state index in [1.54, 1.807) is 0 Å². The zero-order valence-electron chi connectivity index (χ0n) is 10.6. The third-order valence-electron chi connectivity index (χ3n) is 2.59. The fourth-order valence-electron chi connectivity index (χ4n) is 1.39. The molecule has 3 nitrogen and oxygen atoms in total. The first-order valence-corrected chi connectivity index (χ1v) is 5.39. The van der Waals surface area contributed by atoms with Crippen LogP contribution in [-0.2, 0) is 9.47 Å². The van der Waals surface area contributed by atoms with Crippen LogP contribution in [0.1, 0.15) is 19.8 Å². The monoisotopic (exact) mass is 314 g/mol. The van der Waals surface area contributed by atoms with Crippen molar-refractivity contribution in [3.8, 4) is 0 Å². The first-order valence-electron chi connectivity index (χ1n) is 5.39. The maximum absolute atomic E-state index is 13.4. The van der Waals surface area contributed by atoms with Gasteiger partial charge in [0.25, 0.3) is 5.60 Å². The van der Waals surface area contributed by atoms with E-state index in [0.29, 0.717) is 7.11 Å². The molecule has 0 spiro atoms. The van der Waals surface area contributed by atoms with Crippen LogP contribution in [0.25, 0.3) is 0 Å². The Kier molecular flexibility index (Phi) is 6.09. The van der Waals surface area contributed by atoms with Crippen LogP contribution in [0, 0.1) is 0 Å². The molecule has 0 saturated heterocycles. The number of halogens is 7. The molecule has 0 aliphatic rings. The van der Waals surface area contributed by atoms with Gasteiger partial charge in [0.05, 0.1) is 7.11 Å². The summed E-state index contributed by atoms with van der Waals surface area (Å²) >= 11 is 0. The van der Waals surface area contributed by atoms with E-state index in [1.165, 1.54) is 0 Å². The average molecular weight is 314 g/mol. The highest BCUT2D eigenvalue weighted by molar-refractivity contribution is 5.60. The van der Waals surface area contributed by atoms with Gasteiger partial charge in [0.1, 0.15) is 6.17 Å². The average Bonchev–Trinajstić information content (AvgIpc) is 2.35. The van der Waals surface area contributed by atoms with E-state index in [-0.39, 0.29) is 0 Å². The molecule has 0 saturated carbocycles. The molecule has 0 heterocycles. The lowest BCUT2D eigenvalue weighted by molar-refractivity contribution is -0.340. The lowest BCUT2D eigenvalue weighted by Gasteiger charge is -2.39. The molecular formula is C10H13F7O3. The molecule has 10 heteroatoms. The van der Waals surface area contributed by atoms with Crippen LogP contribution in [0.3, 0.4) is 0 Å². The summed E-state index contributed by atoms with van der Waals surface area (Å²) in [6.07, 6.45) is -12.9. The molecule has 0 aliphatic carbocycles. The van der Waals surface area contributed by atoms with Crippen LogP contribution < -0.4 is 0 Å². The second-order valence-corrected chi connectivity index (χ2v) is 3.93. The van der Waals surface area contributed by atoms with Gasteiger partial charge >= 0.3 is 18.3 Å². The Labute approximate surface area is 110 Å². The molecular weight excluding hydrogens is 301 g/mol. The van der Waals surface area contributed by atoms with Crippen LogP contribution in [0.2, 0.25) is 0 Å². The number of methoxy groups -OCH3 is 1. The number of carbonyl (C=O) groups is 1. The van der Waals surface area contributed by atoms with Crippen LogP contribution in [0.15, 0.2) is 0 Å². The predicted molar refractivity (Wildman–Crippen MR) is 53.0 cm³/mol. The van der Waals surface area contributed by atoms with Crippen LogP contribution >= 0.6 is 0 Å². The molecule has 0 N–H and O–H groups in total. The molecule has 0 aromatic rings. The molecule has 0 aromatic carbocycles. The second-order valence-electron chi connectivity index (χ2n) is 3.93. The van der Waals surface area contributed by atoms with E-state index in [4.69, 9.17) is 0 Å². The molecule has 0 aromatic heterocycles. The summed E-state index contributed by atoms with van der Waals surface area (Å²) < 4.78 is 98.2. The van der Waals surface area contributed by atoms with Crippen LogP contribution in [0.4, 0.5) is 35.5 Å². The first-order chi connectivity index (χ1) is 8.97. The molecule has 0 fully saturated rings. The fraction of sp³-hybridized carbons (Fsp3) is 0.900. The standard InChI is InChI=1S/C10H13F7O3/c1-3-6(12)4-8(10(15,16)17,9(13,14)5-11)20-7(18)19-2/h6H,3-5H2,1-2H3. The van der Waals surface area contributed by atoms with Gasteiger partial charge in [-0.3, -0.25) is 0 Å². The lowest BCUT2D eigenvalue weighted by Crippen LogP contribution is -2.63. The Morgan fingerprint density at radius 1 is 1.20 bits per heavy atom. The molecule has 2 atom stereocenters. The van der Waals surface area contributed by atoms with Gasteiger partial charge in [-0.15, -0.1) is 0 Å². The molecule has 20 heavy (non-hydrogen) atoms. The van der Waals surface area contributed by atoms with Crippen molar-refractivity contribution in [1.82, 2.24) is 0 Å². The van der Waals surface area contributed by atoms with E-state index in [1.807, 2.05) is 0 Å². The number of rotatable bonds is 6. The quantitative estimate of drug-likeness (QED) is 0.552. The topological polar surface area (TPSA) is 35.5 Å². The Balaban J connectivity index is 5.84. The number of ether oxygens (including phenoxy) is 2. The van der Waals surface area contributed by atoms with Crippen molar-refractivity contribution in [1.29, 1.82) is 0 Å². The van der Waals surface area contributed by atoms with Crippen molar-refractivity contribution < 1.29 is 45.0 Å². The van der Waals surface area contributed by atoms with Gasteiger partial charge in [0.15, 0.2) is 6.67 Å². The van der Waals surface area contributed by atoms with Crippen molar-refractivity contribution in [2.45, 2.75) is 43.6 Å². The Morgan fingerprint density at radius 2 is 1.70 bits per heavy atom. The summed E-state index contributed by atoms with van der Waals surface area (Å²) in [7, 11) is 0.573. The summed E-state index contributed by atoms with van der Waals surface area (Å²) in [5.74, 6) is -5.15. The highest BCUT2D eigenvalue weighted by Crippen LogP contribution is 2.49. The SMILES string of the molecule is CCC(F)CC(OC(=O)OC)(C(F)(F)F)C(F)(F)CF. The summed E-state index contributed by atoms with van der Waals surface area (Å²) in [6, 6.07) is 0. The van der Waals surface area contributed by atoms with Crippen molar-refractivity contribution in [3.63, 3.8) is 0 Å². The Hall–Kier alpha value is -1.22. The molecule has 0 radical (unpaired) electrons. The third-order valence-corrected chi connectivity index (χ3v) is 2.59. The van der Waals surface area contributed by atoms with E-state index < -0.39 is 49.5 Å². The summed E-state index contributed by atoms with van der Waals surface area (Å²) in [4.78, 5) is 10.8. The van der Waals surface area contributed by atoms with Gasteiger partial charge in [-0.25, -0.2) is 13.6 Å². The minimum Gasteiger partial charge on any atom is -0.438 e. The minimum atomic E-state index is -5.89.